The number of nitrogens with one attached hydrogen (secondary N) is 1. The Morgan fingerprint density at radius 1 is 1.05 bits per heavy atom. The molecule has 1 N–H and O–H groups in total. The number of fused-ring (bicyclic) bond motifs is 1. The number of carbonyl (C=O) groups excluding carboxylic acids is 1. The molecule has 0 fully saturated rings. The normalized spacial score (nSPS) is 11.9. The first-order valence-electron chi connectivity index (χ1n) is 10.9. The smallest absolute Gasteiger partial charge is 0.317 e. The molecule has 0 aliphatic heterocycles. The van der Waals surface area contributed by atoms with Gasteiger partial charge in [-0.15, -0.1) is 11.3 Å². The molecule has 1 amide bonds. The first kappa shape index (κ1) is 26.5. The molecule has 0 aliphatic rings. The van der Waals surface area contributed by atoms with Gasteiger partial charge in [0.15, 0.2) is 17.0 Å². The highest BCUT2D eigenvalue weighted by Gasteiger charge is 2.36. The Bertz CT molecular complexity index is 1690. The molecule has 5 rings (SSSR count). The van der Waals surface area contributed by atoms with Crippen molar-refractivity contribution in [1.29, 1.82) is 0 Å². The highest BCUT2D eigenvalue weighted by molar-refractivity contribution is 7.19. The van der Waals surface area contributed by atoms with Gasteiger partial charge in [-0.1, -0.05) is 40.9 Å². The van der Waals surface area contributed by atoms with Crippen molar-refractivity contribution in [2.45, 2.75) is 26.6 Å². The number of carbonyl (C=O) groups is 1. The van der Waals surface area contributed by atoms with Crippen LogP contribution in [-0.2, 0) is 12.7 Å². The quantitative estimate of drug-likeness (QED) is 0.226. The maximum absolute atomic E-state index is 13.9. The van der Waals surface area contributed by atoms with Gasteiger partial charge in [-0.2, -0.15) is 23.4 Å². The van der Waals surface area contributed by atoms with Crippen LogP contribution in [0, 0.1) is 13.8 Å². The van der Waals surface area contributed by atoms with Crippen LogP contribution in [0.1, 0.15) is 33.1 Å². The second-order valence-corrected chi connectivity index (χ2v) is 10.8. The summed E-state index contributed by atoms with van der Waals surface area (Å²) in [5, 5.41) is 12.0. The Hall–Kier alpha value is -3.12. The summed E-state index contributed by atoms with van der Waals surface area (Å²) in [4.78, 5) is 17.8. The molecule has 0 unspecified atom stereocenters. The van der Waals surface area contributed by atoms with Crippen molar-refractivity contribution < 1.29 is 18.0 Å². The molecule has 14 heteroatoms. The third-order valence-corrected chi connectivity index (χ3v) is 7.73. The highest BCUT2D eigenvalue weighted by atomic mass is 35.5. The number of anilines is 1. The summed E-state index contributed by atoms with van der Waals surface area (Å²) in [5.41, 5.74) is 0.765. The van der Waals surface area contributed by atoms with Crippen molar-refractivity contribution in [1.82, 2.24) is 24.4 Å². The maximum atomic E-state index is 13.9. The zero-order chi connectivity index (χ0) is 27.4. The minimum Gasteiger partial charge on any atom is -0.317 e. The van der Waals surface area contributed by atoms with Crippen LogP contribution in [0.25, 0.3) is 16.2 Å². The summed E-state index contributed by atoms with van der Waals surface area (Å²) in [6.07, 6.45) is -4.74. The molecule has 4 aromatic heterocycles. The van der Waals surface area contributed by atoms with Crippen LogP contribution in [0.4, 0.5) is 18.9 Å². The molecular weight excluding hydrogens is 584 g/mol. The molecule has 5 aromatic rings. The van der Waals surface area contributed by atoms with E-state index in [0.29, 0.717) is 46.4 Å². The van der Waals surface area contributed by atoms with Crippen molar-refractivity contribution >= 4 is 63.4 Å². The van der Waals surface area contributed by atoms with Gasteiger partial charge in [-0.25, -0.2) is 9.50 Å². The summed E-state index contributed by atoms with van der Waals surface area (Å²) < 4.78 is 44.3. The van der Waals surface area contributed by atoms with E-state index in [9.17, 15) is 18.0 Å². The zero-order valence-electron chi connectivity index (χ0n) is 19.6. The number of thiophene rings is 1. The lowest BCUT2D eigenvalue weighted by Crippen LogP contribution is -2.16. The van der Waals surface area contributed by atoms with Gasteiger partial charge in [0.1, 0.15) is 0 Å². The molecule has 1 aromatic carbocycles. The third-order valence-electron chi connectivity index (χ3n) is 5.77. The number of alkyl halides is 3. The summed E-state index contributed by atoms with van der Waals surface area (Å²) in [5.74, 6) is -0.717. The topological polar surface area (TPSA) is 77.1 Å². The molecule has 196 valence electrons. The third kappa shape index (κ3) is 4.98. The van der Waals surface area contributed by atoms with Crippen molar-refractivity contribution in [2.24, 2.45) is 0 Å². The highest BCUT2D eigenvalue weighted by Crippen LogP contribution is 2.35. The first-order valence-corrected chi connectivity index (χ1v) is 12.9. The lowest BCUT2D eigenvalue weighted by molar-refractivity contribution is -0.142. The minimum atomic E-state index is -4.74. The Balaban J connectivity index is 1.48. The van der Waals surface area contributed by atoms with Crippen molar-refractivity contribution in [3.8, 4) is 10.6 Å². The van der Waals surface area contributed by atoms with Gasteiger partial charge >= 0.3 is 6.18 Å². The van der Waals surface area contributed by atoms with Gasteiger partial charge in [-0.05, 0) is 44.2 Å². The number of aromatic nitrogens is 5. The Labute approximate surface area is 232 Å². The van der Waals surface area contributed by atoms with E-state index in [4.69, 9.17) is 34.8 Å². The van der Waals surface area contributed by atoms with Crippen LogP contribution in [-0.4, -0.2) is 30.3 Å². The molecule has 0 spiro atoms. The first-order chi connectivity index (χ1) is 17.9. The predicted octanol–water partition coefficient (Wildman–Crippen LogP) is 7.55. The van der Waals surface area contributed by atoms with Crippen LogP contribution >= 0.6 is 46.1 Å². The van der Waals surface area contributed by atoms with Crippen LogP contribution in [0.3, 0.4) is 0 Å². The van der Waals surface area contributed by atoms with Gasteiger partial charge in [-0.3, -0.25) is 9.48 Å². The summed E-state index contributed by atoms with van der Waals surface area (Å²) in [6, 6.07) is 10.4. The van der Waals surface area contributed by atoms with E-state index in [1.54, 1.807) is 48.9 Å². The second-order valence-electron chi connectivity index (χ2n) is 8.29. The predicted molar refractivity (Wildman–Crippen MR) is 142 cm³/mol. The van der Waals surface area contributed by atoms with Gasteiger partial charge in [0.05, 0.1) is 38.5 Å². The molecule has 7 nitrogen and oxygen atoms in total. The fourth-order valence-corrected chi connectivity index (χ4v) is 5.43. The largest absolute Gasteiger partial charge is 0.433 e. The Morgan fingerprint density at radius 2 is 1.76 bits per heavy atom. The van der Waals surface area contributed by atoms with E-state index in [1.165, 1.54) is 6.07 Å². The monoisotopic (exact) mass is 598 g/mol. The molecule has 38 heavy (non-hydrogen) atoms. The van der Waals surface area contributed by atoms with Crippen molar-refractivity contribution in [3.63, 3.8) is 0 Å². The van der Waals surface area contributed by atoms with E-state index in [2.05, 4.69) is 20.5 Å². The zero-order valence-corrected chi connectivity index (χ0v) is 22.7. The molecule has 0 radical (unpaired) electrons. The number of amides is 1. The van der Waals surface area contributed by atoms with E-state index in [-0.39, 0.29) is 23.6 Å². The average molecular weight is 600 g/mol. The fourth-order valence-electron chi connectivity index (χ4n) is 3.91. The van der Waals surface area contributed by atoms with Crippen LogP contribution in [0.2, 0.25) is 14.4 Å². The van der Waals surface area contributed by atoms with Gasteiger partial charge in [0, 0.05) is 21.7 Å². The van der Waals surface area contributed by atoms with Gasteiger partial charge < -0.3 is 5.32 Å². The Kier molecular flexibility index (Phi) is 6.89. The Morgan fingerprint density at radius 3 is 2.39 bits per heavy atom. The van der Waals surface area contributed by atoms with Crippen LogP contribution in [0.5, 0.6) is 0 Å². The number of aryl methyl sites for hydroxylation is 1. The number of hydrogen-bond acceptors (Lipinski definition) is 5. The second kappa shape index (κ2) is 9.88. The van der Waals surface area contributed by atoms with Crippen molar-refractivity contribution in [2.75, 3.05) is 5.32 Å². The number of rotatable bonds is 5. The average Bonchev–Trinajstić information content (AvgIpc) is 3.54. The molecular formula is C24H16Cl3F3N6OS. The summed E-state index contributed by atoms with van der Waals surface area (Å²) >= 11 is 19.6. The van der Waals surface area contributed by atoms with E-state index >= 15 is 0 Å². The molecule has 0 aliphatic carbocycles. The fraction of sp³-hybridized carbons (Fsp3) is 0.167. The minimum absolute atomic E-state index is 0.0692. The lowest BCUT2D eigenvalue weighted by atomic mass is 10.2. The van der Waals surface area contributed by atoms with E-state index < -0.39 is 17.8 Å². The van der Waals surface area contributed by atoms with Gasteiger partial charge in [0.25, 0.3) is 5.91 Å². The van der Waals surface area contributed by atoms with E-state index in [1.807, 2.05) is 0 Å². The molecule has 0 bridgehead atoms. The molecule has 0 saturated heterocycles. The maximum Gasteiger partial charge on any atom is 0.433 e. The molecule has 4 heterocycles. The standard InChI is InChI=1S/C24H16Cl3F3N6OS/c1-11-22(12(2)35(33-11)10-13-14(25)4-3-5-15(13)26)32-23(37)17-9-21-31-16(18-6-7-20(27)38-18)8-19(24(28,29)30)36(21)34-17/h3-9H,10H2,1-2H3,(H,32,37). The number of halogens is 6. The summed E-state index contributed by atoms with van der Waals surface area (Å²) in [6.45, 7) is 3.69. The van der Waals surface area contributed by atoms with Crippen LogP contribution < -0.4 is 5.32 Å². The lowest BCUT2D eigenvalue weighted by Gasteiger charge is -2.10. The molecule has 0 saturated carbocycles. The number of hydrogen-bond donors (Lipinski definition) is 1. The SMILES string of the molecule is Cc1nn(Cc2c(Cl)cccc2Cl)c(C)c1NC(=O)c1cc2nc(-c3ccc(Cl)s3)cc(C(F)(F)F)n2n1. The van der Waals surface area contributed by atoms with E-state index in [0.717, 1.165) is 17.4 Å². The van der Waals surface area contributed by atoms with Crippen LogP contribution in [0.15, 0.2) is 42.5 Å². The summed E-state index contributed by atoms with van der Waals surface area (Å²) in [7, 11) is 0. The number of benzene rings is 1. The molecule has 0 atom stereocenters. The number of nitrogens with zero attached hydrogens (tertiary/aromatic N) is 5. The van der Waals surface area contributed by atoms with Crippen molar-refractivity contribution in [3.05, 3.63) is 85.2 Å². The van der Waals surface area contributed by atoms with Gasteiger partial charge in [0.2, 0.25) is 0 Å².